The molecule has 0 radical (unpaired) electrons. The third-order valence-corrected chi connectivity index (χ3v) is 4.06. The summed E-state index contributed by atoms with van der Waals surface area (Å²) in [4.78, 5) is 12.2. The number of methoxy groups -OCH3 is 1. The van der Waals surface area contributed by atoms with Gasteiger partial charge in [0.25, 0.3) is 0 Å². The number of rotatable bonds is 3. The van der Waals surface area contributed by atoms with Crippen molar-refractivity contribution in [1.82, 2.24) is 4.57 Å². The van der Waals surface area contributed by atoms with E-state index in [1.54, 1.807) is 54.6 Å². The minimum atomic E-state index is -4.73. The Morgan fingerprint density at radius 1 is 1.00 bits per heavy atom. The lowest BCUT2D eigenvalue weighted by atomic mass is 10.0. The highest BCUT2D eigenvalue weighted by Gasteiger charge is 2.42. The lowest BCUT2D eigenvalue weighted by molar-refractivity contribution is -0.142. The molecule has 0 aliphatic heterocycles. The van der Waals surface area contributed by atoms with E-state index >= 15 is 0 Å². The minimum absolute atomic E-state index is 0.172. The van der Waals surface area contributed by atoms with Crippen LogP contribution in [0.3, 0.4) is 0 Å². The van der Waals surface area contributed by atoms with Gasteiger partial charge in [-0.3, -0.25) is 0 Å². The molecule has 3 nitrogen and oxygen atoms in total. The molecule has 0 fully saturated rings. The van der Waals surface area contributed by atoms with Crippen molar-refractivity contribution in [3.05, 3.63) is 77.6 Å². The SMILES string of the molecule is COC(=O)c1c(-c2ccccc2)cn(-c2ccc(C)cc2)c1C(F)(F)F. The Hall–Kier alpha value is -3.02. The number of benzene rings is 2. The predicted octanol–water partition coefficient (Wildman–Crippen LogP) is 5.26. The van der Waals surface area contributed by atoms with E-state index in [0.717, 1.165) is 17.2 Å². The molecule has 0 aliphatic rings. The number of carbonyl (C=O) groups is 1. The minimum Gasteiger partial charge on any atom is -0.465 e. The Bertz CT molecular complexity index is 926. The summed E-state index contributed by atoms with van der Waals surface area (Å²) >= 11 is 0. The maximum absolute atomic E-state index is 13.9. The van der Waals surface area contributed by atoms with E-state index in [0.29, 0.717) is 11.3 Å². The highest BCUT2D eigenvalue weighted by Crippen LogP contribution is 2.40. The monoisotopic (exact) mass is 359 g/mol. The standard InChI is InChI=1S/C20H16F3NO2/c1-13-8-10-15(11-9-13)24-12-16(14-6-4-3-5-7-14)17(19(25)26-2)18(24)20(21,22)23/h3-12H,1-2H3. The van der Waals surface area contributed by atoms with Crippen LogP contribution >= 0.6 is 0 Å². The number of aryl methyl sites for hydroxylation is 1. The molecule has 0 saturated heterocycles. The first-order chi connectivity index (χ1) is 12.3. The maximum Gasteiger partial charge on any atom is 0.432 e. The van der Waals surface area contributed by atoms with Gasteiger partial charge < -0.3 is 9.30 Å². The molecular formula is C20H16F3NO2. The van der Waals surface area contributed by atoms with Crippen molar-refractivity contribution in [1.29, 1.82) is 0 Å². The molecule has 26 heavy (non-hydrogen) atoms. The Balaban J connectivity index is 2.36. The van der Waals surface area contributed by atoms with Gasteiger partial charge in [0.05, 0.1) is 12.7 Å². The number of carbonyl (C=O) groups excluding carboxylic acids is 1. The number of hydrogen-bond donors (Lipinski definition) is 0. The number of hydrogen-bond acceptors (Lipinski definition) is 2. The number of esters is 1. The molecule has 0 spiro atoms. The van der Waals surface area contributed by atoms with Gasteiger partial charge in [-0.1, -0.05) is 48.0 Å². The number of halogens is 3. The van der Waals surface area contributed by atoms with Crippen LogP contribution in [0.25, 0.3) is 16.8 Å². The molecule has 0 saturated carbocycles. The topological polar surface area (TPSA) is 31.2 Å². The van der Waals surface area contributed by atoms with E-state index in [1.807, 2.05) is 6.92 Å². The van der Waals surface area contributed by atoms with E-state index in [2.05, 4.69) is 4.74 Å². The second-order valence-corrected chi connectivity index (χ2v) is 5.83. The third-order valence-electron chi connectivity index (χ3n) is 4.06. The molecule has 0 N–H and O–H groups in total. The lowest BCUT2D eigenvalue weighted by Gasteiger charge is -2.14. The molecule has 0 unspecified atom stereocenters. The van der Waals surface area contributed by atoms with Crippen molar-refractivity contribution in [2.75, 3.05) is 7.11 Å². The van der Waals surface area contributed by atoms with E-state index in [9.17, 15) is 18.0 Å². The van der Waals surface area contributed by atoms with Crippen molar-refractivity contribution in [3.63, 3.8) is 0 Å². The summed E-state index contributed by atoms with van der Waals surface area (Å²) in [7, 11) is 1.07. The summed E-state index contributed by atoms with van der Waals surface area (Å²) in [5, 5.41) is 0. The zero-order valence-corrected chi connectivity index (χ0v) is 14.2. The zero-order valence-electron chi connectivity index (χ0n) is 14.2. The quantitative estimate of drug-likeness (QED) is 0.598. The fourth-order valence-electron chi connectivity index (χ4n) is 2.84. The van der Waals surface area contributed by atoms with E-state index in [4.69, 9.17) is 0 Å². The number of ether oxygens (including phenoxy) is 1. The fraction of sp³-hybridized carbons (Fsp3) is 0.150. The van der Waals surface area contributed by atoms with Crippen molar-refractivity contribution >= 4 is 5.97 Å². The van der Waals surface area contributed by atoms with Gasteiger partial charge in [0, 0.05) is 17.4 Å². The molecule has 2 aromatic carbocycles. The molecule has 0 amide bonds. The second-order valence-electron chi connectivity index (χ2n) is 5.83. The molecule has 0 aliphatic carbocycles. The lowest BCUT2D eigenvalue weighted by Crippen LogP contribution is -2.17. The highest BCUT2D eigenvalue weighted by atomic mass is 19.4. The van der Waals surface area contributed by atoms with Crippen LogP contribution in [-0.2, 0) is 10.9 Å². The van der Waals surface area contributed by atoms with Gasteiger partial charge in [0.1, 0.15) is 5.69 Å². The second kappa shape index (κ2) is 6.71. The first-order valence-corrected chi connectivity index (χ1v) is 7.86. The van der Waals surface area contributed by atoms with Crippen LogP contribution in [-0.4, -0.2) is 17.6 Å². The molecule has 6 heteroatoms. The largest absolute Gasteiger partial charge is 0.465 e. The van der Waals surface area contributed by atoms with Crippen LogP contribution in [0.1, 0.15) is 21.6 Å². The maximum atomic E-state index is 13.9. The van der Waals surface area contributed by atoms with E-state index in [-0.39, 0.29) is 5.56 Å². The number of alkyl halides is 3. The summed E-state index contributed by atoms with van der Waals surface area (Å²) in [5.41, 5.74) is 0.370. The van der Waals surface area contributed by atoms with Gasteiger partial charge in [0.2, 0.25) is 0 Å². The number of aromatic nitrogens is 1. The van der Waals surface area contributed by atoms with Crippen LogP contribution in [0.4, 0.5) is 13.2 Å². The molecule has 3 aromatic rings. The van der Waals surface area contributed by atoms with Gasteiger partial charge in [-0.2, -0.15) is 13.2 Å². The van der Waals surface area contributed by atoms with Crippen molar-refractivity contribution in [2.45, 2.75) is 13.1 Å². The molecule has 1 heterocycles. The van der Waals surface area contributed by atoms with Gasteiger partial charge in [-0.05, 0) is 24.6 Å². The summed E-state index contributed by atoms with van der Waals surface area (Å²) in [6.07, 6.45) is -3.41. The summed E-state index contributed by atoms with van der Waals surface area (Å²) in [6, 6.07) is 15.1. The Labute approximate surface area is 148 Å². The van der Waals surface area contributed by atoms with Gasteiger partial charge >= 0.3 is 12.1 Å². The Morgan fingerprint density at radius 3 is 2.15 bits per heavy atom. The molecule has 0 atom stereocenters. The molecular weight excluding hydrogens is 343 g/mol. The smallest absolute Gasteiger partial charge is 0.432 e. The van der Waals surface area contributed by atoms with E-state index < -0.39 is 23.4 Å². The highest BCUT2D eigenvalue weighted by molar-refractivity contribution is 5.99. The van der Waals surface area contributed by atoms with Crippen LogP contribution in [0.15, 0.2) is 60.8 Å². The van der Waals surface area contributed by atoms with Crippen LogP contribution in [0.5, 0.6) is 0 Å². The van der Waals surface area contributed by atoms with Crippen molar-refractivity contribution in [3.8, 4) is 16.8 Å². The van der Waals surface area contributed by atoms with Crippen LogP contribution < -0.4 is 0 Å². The average molecular weight is 359 g/mol. The van der Waals surface area contributed by atoms with E-state index in [1.165, 1.54) is 6.20 Å². The average Bonchev–Trinajstić information content (AvgIpc) is 3.03. The summed E-state index contributed by atoms with van der Waals surface area (Å²) in [6.45, 7) is 1.85. The third kappa shape index (κ3) is 3.22. The first kappa shape index (κ1) is 17.8. The van der Waals surface area contributed by atoms with Gasteiger partial charge in [-0.15, -0.1) is 0 Å². The predicted molar refractivity (Wildman–Crippen MR) is 92.3 cm³/mol. The van der Waals surface area contributed by atoms with Crippen LogP contribution in [0.2, 0.25) is 0 Å². The molecule has 134 valence electrons. The zero-order chi connectivity index (χ0) is 18.9. The molecule has 3 rings (SSSR count). The number of nitrogens with zero attached hydrogens (tertiary/aromatic N) is 1. The normalized spacial score (nSPS) is 11.4. The van der Waals surface area contributed by atoms with Crippen LogP contribution in [0, 0.1) is 6.92 Å². The summed E-state index contributed by atoms with van der Waals surface area (Å²) < 4.78 is 47.3. The Kier molecular flexibility index (Phi) is 4.59. The van der Waals surface area contributed by atoms with Gasteiger partial charge in [-0.25, -0.2) is 4.79 Å². The van der Waals surface area contributed by atoms with Crippen molar-refractivity contribution < 1.29 is 22.7 Å². The fourth-order valence-corrected chi connectivity index (χ4v) is 2.84. The molecule has 0 bridgehead atoms. The first-order valence-electron chi connectivity index (χ1n) is 7.86. The Morgan fingerprint density at radius 2 is 1.62 bits per heavy atom. The van der Waals surface area contributed by atoms with Gasteiger partial charge in [0.15, 0.2) is 0 Å². The summed E-state index contributed by atoms with van der Waals surface area (Å²) in [5.74, 6) is -1.03. The molecule has 1 aromatic heterocycles. The van der Waals surface area contributed by atoms with Crippen molar-refractivity contribution in [2.24, 2.45) is 0 Å².